The van der Waals surface area contributed by atoms with E-state index in [2.05, 4.69) is 22.1 Å². The molecule has 0 N–H and O–H groups in total. The Kier molecular flexibility index (Phi) is 4.69. The maximum Gasteiger partial charge on any atom is 0.288 e. The molecule has 31 heavy (non-hydrogen) atoms. The van der Waals surface area contributed by atoms with E-state index in [4.69, 9.17) is 16.0 Å². The van der Waals surface area contributed by atoms with E-state index in [0.29, 0.717) is 28.2 Å². The van der Waals surface area contributed by atoms with Crippen molar-refractivity contribution >= 4 is 51.1 Å². The highest BCUT2D eigenvalue weighted by Gasteiger charge is 2.13. The fourth-order valence-electron chi connectivity index (χ4n) is 3.42. The lowest BCUT2D eigenvalue weighted by molar-refractivity contribution is -0.384. The van der Waals surface area contributed by atoms with Crippen LogP contribution in [0.15, 0.2) is 88.3 Å². The van der Waals surface area contributed by atoms with Crippen LogP contribution in [0.25, 0.3) is 33.3 Å². The summed E-state index contributed by atoms with van der Waals surface area (Å²) in [6.45, 7) is 0. The molecule has 0 saturated carbocycles. The van der Waals surface area contributed by atoms with Gasteiger partial charge < -0.3 is 4.42 Å². The first-order valence-corrected chi connectivity index (χ1v) is 9.83. The van der Waals surface area contributed by atoms with Crippen molar-refractivity contribution in [1.82, 2.24) is 4.98 Å². The van der Waals surface area contributed by atoms with Gasteiger partial charge in [0.05, 0.1) is 10.6 Å². The van der Waals surface area contributed by atoms with Gasteiger partial charge in [-0.25, -0.2) is 4.98 Å². The van der Waals surface area contributed by atoms with Crippen LogP contribution in [-0.4, -0.2) is 16.1 Å². The van der Waals surface area contributed by atoms with Crippen LogP contribution in [0.5, 0.6) is 0 Å². The molecule has 150 valence electrons. The number of aliphatic imine (C=N–C) groups is 1. The van der Waals surface area contributed by atoms with E-state index < -0.39 is 4.92 Å². The summed E-state index contributed by atoms with van der Waals surface area (Å²) in [5.41, 5.74) is 3.34. The third-order valence-corrected chi connectivity index (χ3v) is 5.24. The van der Waals surface area contributed by atoms with E-state index >= 15 is 0 Å². The van der Waals surface area contributed by atoms with Crippen molar-refractivity contribution in [2.75, 3.05) is 0 Å². The fourth-order valence-corrected chi connectivity index (χ4v) is 3.61. The summed E-state index contributed by atoms with van der Waals surface area (Å²) in [4.78, 5) is 19.6. The Bertz CT molecular complexity index is 1490. The molecule has 0 radical (unpaired) electrons. The lowest BCUT2D eigenvalue weighted by Gasteiger charge is -2.01. The van der Waals surface area contributed by atoms with Gasteiger partial charge in [-0.3, -0.25) is 15.1 Å². The number of oxazole rings is 1. The molecule has 7 heteroatoms. The summed E-state index contributed by atoms with van der Waals surface area (Å²) in [6, 6.07) is 24.1. The molecule has 0 aliphatic carbocycles. The van der Waals surface area contributed by atoms with Crippen LogP contribution in [0.3, 0.4) is 0 Å². The molecule has 1 aromatic heterocycles. The van der Waals surface area contributed by atoms with Gasteiger partial charge in [0, 0.05) is 17.8 Å². The number of fused-ring (bicyclic) bond motifs is 2. The first kappa shape index (κ1) is 19.0. The molecule has 0 saturated heterocycles. The normalized spacial score (nSPS) is 11.5. The molecule has 1 heterocycles. The number of nitrogens with zero attached hydrogens (tertiary/aromatic N) is 3. The van der Waals surface area contributed by atoms with Gasteiger partial charge >= 0.3 is 0 Å². The highest BCUT2D eigenvalue weighted by atomic mass is 35.5. The van der Waals surface area contributed by atoms with Crippen LogP contribution in [0.1, 0.15) is 5.56 Å². The number of nitro benzene ring substituents is 1. The number of rotatable bonds is 4. The average Bonchev–Trinajstić information content (AvgIpc) is 3.21. The van der Waals surface area contributed by atoms with Gasteiger partial charge in [-0.15, -0.1) is 0 Å². The molecule has 5 aromatic rings. The van der Waals surface area contributed by atoms with E-state index in [0.717, 1.165) is 16.3 Å². The molecular weight excluding hydrogens is 414 g/mol. The summed E-state index contributed by atoms with van der Waals surface area (Å²) in [5, 5.41) is 13.3. The molecule has 0 spiro atoms. The van der Waals surface area contributed by atoms with Gasteiger partial charge in [0.2, 0.25) is 5.89 Å². The van der Waals surface area contributed by atoms with Crippen LogP contribution in [0.2, 0.25) is 5.02 Å². The number of nitro groups is 1. The van der Waals surface area contributed by atoms with E-state index in [1.54, 1.807) is 18.3 Å². The Balaban J connectivity index is 1.50. The summed E-state index contributed by atoms with van der Waals surface area (Å²) < 4.78 is 5.98. The molecule has 0 bridgehead atoms. The van der Waals surface area contributed by atoms with E-state index in [1.807, 2.05) is 42.5 Å². The maximum atomic E-state index is 11.1. The molecule has 0 atom stereocenters. The first-order chi connectivity index (χ1) is 15.1. The largest absolute Gasteiger partial charge is 0.436 e. The van der Waals surface area contributed by atoms with E-state index in [-0.39, 0.29) is 10.7 Å². The Labute approximate surface area is 181 Å². The van der Waals surface area contributed by atoms with Crippen LogP contribution in [0, 0.1) is 10.1 Å². The topological polar surface area (TPSA) is 81.5 Å². The van der Waals surface area contributed by atoms with Gasteiger partial charge in [0.25, 0.3) is 5.69 Å². The molecule has 0 fully saturated rings. The highest BCUT2D eigenvalue weighted by molar-refractivity contribution is 6.32. The van der Waals surface area contributed by atoms with Crippen LogP contribution < -0.4 is 0 Å². The Morgan fingerprint density at radius 2 is 1.84 bits per heavy atom. The second-order valence-corrected chi connectivity index (χ2v) is 7.33. The first-order valence-electron chi connectivity index (χ1n) is 9.45. The number of aromatic nitrogens is 1. The smallest absolute Gasteiger partial charge is 0.288 e. The monoisotopic (exact) mass is 427 g/mol. The minimum absolute atomic E-state index is 0.0899. The summed E-state index contributed by atoms with van der Waals surface area (Å²) in [6.07, 6.45) is 1.55. The third-order valence-electron chi connectivity index (χ3n) is 4.92. The zero-order valence-electron chi connectivity index (χ0n) is 16.0. The van der Waals surface area contributed by atoms with Crippen molar-refractivity contribution in [2.45, 2.75) is 0 Å². The lowest BCUT2D eigenvalue weighted by atomic mass is 10.0. The lowest BCUT2D eigenvalue weighted by Crippen LogP contribution is -1.91. The predicted octanol–water partition coefficient (Wildman–Crippen LogP) is 6.96. The summed E-state index contributed by atoms with van der Waals surface area (Å²) in [7, 11) is 0. The zero-order valence-corrected chi connectivity index (χ0v) is 16.8. The second-order valence-electron chi connectivity index (χ2n) is 6.92. The Hall–Kier alpha value is -4.03. The minimum atomic E-state index is -0.518. The molecule has 0 amide bonds. The van der Waals surface area contributed by atoms with Crippen LogP contribution in [-0.2, 0) is 0 Å². The van der Waals surface area contributed by atoms with Crippen molar-refractivity contribution in [1.29, 1.82) is 0 Å². The number of halogens is 1. The number of benzene rings is 4. The minimum Gasteiger partial charge on any atom is -0.436 e. The van der Waals surface area contributed by atoms with Gasteiger partial charge in [-0.05, 0) is 46.7 Å². The predicted molar refractivity (Wildman–Crippen MR) is 122 cm³/mol. The van der Waals surface area contributed by atoms with Crippen LogP contribution >= 0.6 is 11.6 Å². The summed E-state index contributed by atoms with van der Waals surface area (Å²) in [5.74, 6) is 0.543. The number of hydrogen-bond donors (Lipinski definition) is 0. The van der Waals surface area contributed by atoms with Crippen molar-refractivity contribution in [3.8, 4) is 11.5 Å². The average molecular weight is 428 g/mol. The van der Waals surface area contributed by atoms with Gasteiger partial charge in [0.15, 0.2) is 5.58 Å². The highest BCUT2D eigenvalue weighted by Crippen LogP contribution is 2.32. The zero-order chi connectivity index (χ0) is 21.4. The van der Waals surface area contributed by atoms with Crippen LogP contribution in [0.4, 0.5) is 11.4 Å². The van der Waals surface area contributed by atoms with Crippen molar-refractivity contribution in [2.24, 2.45) is 4.99 Å². The van der Waals surface area contributed by atoms with Gasteiger partial charge in [-0.1, -0.05) is 54.1 Å². The summed E-state index contributed by atoms with van der Waals surface area (Å²) >= 11 is 5.86. The van der Waals surface area contributed by atoms with E-state index in [1.165, 1.54) is 12.1 Å². The SMILES string of the molecule is O=[N+]([O-])c1cc(C=Nc2ccc3oc(-c4cccc5ccccc45)nc3c2)ccc1Cl. The molecule has 0 unspecified atom stereocenters. The van der Waals surface area contributed by atoms with Gasteiger partial charge in [0.1, 0.15) is 10.5 Å². The Morgan fingerprint density at radius 3 is 2.71 bits per heavy atom. The van der Waals surface area contributed by atoms with E-state index in [9.17, 15) is 10.1 Å². The van der Waals surface area contributed by atoms with Gasteiger partial charge in [-0.2, -0.15) is 0 Å². The maximum absolute atomic E-state index is 11.1. The molecule has 4 aromatic carbocycles. The van der Waals surface area contributed by atoms with Crippen molar-refractivity contribution in [3.05, 3.63) is 99.6 Å². The quantitative estimate of drug-likeness (QED) is 0.176. The standard InChI is InChI=1S/C24H14ClN3O3/c25-20-10-8-15(12-22(20)28(29)30)14-26-17-9-11-23-21(13-17)27-24(31-23)19-7-3-5-16-4-1-2-6-18(16)19/h1-14H. The fraction of sp³-hybridized carbons (Fsp3) is 0. The molecule has 0 aliphatic heterocycles. The number of hydrogen-bond acceptors (Lipinski definition) is 5. The Morgan fingerprint density at radius 1 is 1.00 bits per heavy atom. The molecular formula is C24H14ClN3O3. The molecule has 0 aliphatic rings. The molecule has 6 nitrogen and oxygen atoms in total. The molecule has 5 rings (SSSR count). The third kappa shape index (κ3) is 3.65. The van der Waals surface area contributed by atoms with Crippen molar-refractivity contribution in [3.63, 3.8) is 0 Å². The van der Waals surface area contributed by atoms with Crippen molar-refractivity contribution < 1.29 is 9.34 Å². The second kappa shape index (κ2) is 7.66.